The van der Waals surface area contributed by atoms with E-state index in [-0.39, 0.29) is 11.9 Å². The third-order valence-electron chi connectivity index (χ3n) is 4.94. The molecule has 0 aliphatic heterocycles. The number of amides is 1. The van der Waals surface area contributed by atoms with E-state index in [4.69, 9.17) is 0 Å². The molecule has 0 saturated heterocycles. The summed E-state index contributed by atoms with van der Waals surface area (Å²) in [5.74, 6) is 0.726. The number of aromatic nitrogens is 3. The minimum atomic E-state index is 0.00192. The lowest BCUT2D eigenvalue weighted by atomic mass is 10.1. The maximum absolute atomic E-state index is 13.2. The number of carbonyl (C=O) groups excluding carboxylic acids is 1. The van der Waals surface area contributed by atoms with Gasteiger partial charge in [-0.3, -0.25) is 9.78 Å². The van der Waals surface area contributed by atoms with Gasteiger partial charge in [-0.1, -0.05) is 12.1 Å². The smallest absolute Gasteiger partial charge is 0.264 e. The molecule has 4 aromatic rings. The van der Waals surface area contributed by atoms with Gasteiger partial charge in [0.2, 0.25) is 0 Å². The molecule has 0 aliphatic carbocycles. The first-order chi connectivity index (χ1) is 14.1. The topological polar surface area (TPSA) is 71.0 Å². The fourth-order valence-corrected chi connectivity index (χ4v) is 5.10. The average Bonchev–Trinajstić information content (AvgIpc) is 3.40. The van der Waals surface area contributed by atoms with Crippen molar-refractivity contribution in [1.29, 1.82) is 0 Å². The summed E-state index contributed by atoms with van der Waals surface area (Å²) in [6.07, 6.45) is 3.30. The third-order valence-corrected chi connectivity index (χ3v) is 7.17. The summed E-state index contributed by atoms with van der Waals surface area (Å²) in [6.45, 7) is 4.57. The largest absolute Gasteiger partial charge is 0.364 e. The highest BCUT2D eigenvalue weighted by atomic mass is 32.1. The van der Waals surface area contributed by atoms with Gasteiger partial charge in [0.1, 0.15) is 17.0 Å². The maximum Gasteiger partial charge on any atom is 0.264 e. The number of rotatable bonds is 6. The van der Waals surface area contributed by atoms with Crippen molar-refractivity contribution in [3.05, 3.63) is 69.2 Å². The average molecular weight is 424 g/mol. The van der Waals surface area contributed by atoms with Crippen LogP contribution in [0.2, 0.25) is 0 Å². The van der Waals surface area contributed by atoms with Crippen LogP contribution in [-0.4, -0.2) is 32.8 Å². The second-order valence-corrected chi connectivity index (χ2v) is 8.72. The number of carbonyl (C=O) groups is 1. The number of fused-ring (bicyclic) bond motifs is 1. The van der Waals surface area contributed by atoms with E-state index < -0.39 is 0 Å². The molecule has 4 rings (SSSR count). The number of pyridine rings is 1. The Bertz CT molecular complexity index is 1120. The molecule has 0 aliphatic rings. The highest BCUT2D eigenvalue weighted by molar-refractivity contribution is 7.20. The number of nitrogens with one attached hydrogen (secondary N) is 1. The molecule has 1 amide bonds. The summed E-state index contributed by atoms with van der Waals surface area (Å²) in [7, 11) is 1.85. The molecule has 0 saturated carbocycles. The first-order valence-electron chi connectivity index (χ1n) is 9.24. The van der Waals surface area contributed by atoms with Crippen molar-refractivity contribution in [1.82, 2.24) is 19.9 Å². The van der Waals surface area contributed by atoms with E-state index in [0.717, 1.165) is 32.2 Å². The fourth-order valence-electron chi connectivity index (χ4n) is 3.14. The van der Waals surface area contributed by atoms with Crippen LogP contribution < -0.4 is 5.32 Å². The number of hydrogen-bond acceptors (Lipinski definition) is 7. The molecule has 1 N–H and O–H groups in total. The standard InChI is InChI=1S/C21H21N5OS2/c1-13-17-19(23-11-15-7-4-5-9-22-15)24-12-25-20(17)29-18(13)21(27)26(3)14(2)16-8-6-10-28-16/h4-10,12,14H,11H2,1-3H3,(H,23,24,25)/t14-/m1/s1. The van der Waals surface area contributed by atoms with E-state index in [0.29, 0.717) is 11.4 Å². The van der Waals surface area contributed by atoms with Gasteiger partial charge in [0, 0.05) is 18.1 Å². The van der Waals surface area contributed by atoms with Gasteiger partial charge in [-0.05, 0) is 43.0 Å². The second kappa shape index (κ2) is 8.26. The Morgan fingerprint density at radius 1 is 1.21 bits per heavy atom. The predicted octanol–water partition coefficient (Wildman–Crippen LogP) is 4.90. The summed E-state index contributed by atoms with van der Waals surface area (Å²) in [6, 6.07) is 9.89. The minimum Gasteiger partial charge on any atom is -0.364 e. The number of hydrogen-bond donors (Lipinski definition) is 1. The van der Waals surface area contributed by atoms with Crippen LogP contribution in [0.25, 0.3) is 10.2 Å². The van der Waals surface area contributed by atoms with Crippen LogP contribution in [0.4, 0.5) is 5.82 Å². The highest BCUT2D eigenvalue weighted by Crippen LogP contribution is 2.35. The molecule has 0 radical (unpaired) electrons. The van der Waals surface area contributed by atoms with Gasteiger partial charge < -0.3 is 10.2 Å². The SMILES string of the molecule is Cc1c(C(=O)N(C)[C@H](C)c2cccs2)sc2ncnc(NCc3ccccn3)c12. The molecule has 0 spiro atoms. The number of aryl methyl sites for hydroxylation is 1. The zero-order chi connectivity index (χ0) is 20.4. The summed E-state index contributed by atoms with van der Waals surface area (Å²) in [5.41, 5.74) is 1.83. The Hall–Kier alpha value is -2.84. The van der Waals surface area contributed by atoms with Gasteiger partial charge in [-0.25, -0.2) is 9.97 Å². The van der Waals surface area contributed by atoms with Crippen LogP contribution in [0.5, 0.6) is 0 Å². The molecule has 0 aromatic carbocycles. The quantitative estimate of drug-likeness (QED) is 0.477. The van der Waals surface area contributed by atoms with Gasteiger partial charge in [-0.15, -0.1) is 22.7 Å². The zero-order valence-corrected chi connectivity index (χ0v) is 18.0. The monoisotopic (exact) mass is 423 g/mol. The zero-order valence-electron chi connectivity index (χ0n) is 16.4. The lowest BCUT2D eigenvalue weighted by molar-refractivity contribution is 0.0749. The fraction of sp³-hybridized carbons (Fsp3) is 0.238. The van der Waals surface area contributed by atoms with Gasteiger partial charge >= 0.3 is 0 Å². The summed E-state index contributed by atoms with van der Waals surface area (Å²) in [5, 5.41) is 6.27. The molecule has 4 heterocycles. The van der Waals surface area contributed by atoms with Crippen molar-refractivity contribution in [2.24, 2.45) is 0 Å². The Balaban J connectivity index is 1.62. The molecule has 0 unspecified atom stereocenters. The van der Waals surface area contributed by atoms with E-state index in [1.165, 1.54) is 17.7 Å². The van der Waals surface area contributed by atoms with Crippen molar-refractivity contribution < 1.29 is 4.79 Å². The predicted molar refractivity (Wildman–Crippen MR) is 119 cm³/mol. The van der Waals surface area contributed by atoms with Crippen LogP contribution in [-0.2, 0) is 6.54 Å². The van der Waals surface area contributed by atoms with E-state index >= 15 is 0 Å². The van der Waals surface area contributed by atoms with Crippen LogP contribution >= 0.6 is 22.7 Å². The van der Waals surface area contributed by atoms with Crippen LogP contribution in [0.15, 0.2) is 48.2 Å². The molecule has 148 valence electrons. The highest BCUT2D eigenvalue weighted by Gasteiger charge is 2.25. The molecule has 8 heteroatoms. The number of thiophene rings is 2. The molecule has 0 bridgehead atoms. The summed E-state index contributed by atoms with van der Waals surface area (Å²) >= 11 is 3.08. The Kier molecular flexibility index (Phi) is 5.55. The maximum atomic E-state index is 13.2. The molecule has 0 fully saturated rings. The van der Waals surface area contributed by atoms with Crippen LogP contribution in [0, 0.1) is 6.92 Å². The third kappa shape index (κ3) is 3.86. The minimum absolute atomic E-state index is 0.00192. The van der Waals surface area contributed by atoms with Crippen molar-refractivity contribution >= 4 is 44.6 Å². The molecular weight excluding hydrogens is 402 g/mol. The second-order valence-electron chi connectivity index (χ2n) is 6.74. The van der Waals surface area contributed by atoms with Gasteiger partial charge in [-0.2, -0.15) is 0 Å². The van der Waals surface area contributed by atoms with Gasteiger partial charge in [0.15, 0.2) is 0 Å². The van der Waals surface area contributed by atoms with Crippen molar-refractivity contribution in [3.63, 3.8) is 0 Å². The summed E-state index contributed by atoms with van der Waals surface area (Å²) in [4.78, 5) is 30.8. The molecular formula is C21H21N5OS2. The Morgan fingerprint density at radius 3 is 2.79 bits per heavy atom. The lowest BCUT2D eigenvalue weighted by Gasteiger charge is -2.23. The normalized spacial score (nSPS) is 12.1. The Morgan fingerprint density at radius 2 is 2.07 bits per heavy atom. The first-order valence-corrected chi connectivity index (χ1v) is 10.9. The van der Waals surface area contributed by atoms with Crippen molar-refractivity contribution in [2.75, 3.05) is 12.4 Å². The van der Waals surface area contributed by atoms with Gasteiger partial charge in [0.05, 0.1) is 28.5 Å². The molecule has 6 nitrogen and oxygen atoms in total. The summed E-state index contributed by atoms with van der Waals surface area (Å²) < 4.78 is 0. The number of anilines is 1. The van der Waals surface area contributed by atoms with Crippen LogP contribution in [0.1, 0.15) is 38.8 Å². The Labute approximate surface area is 177 Å². The van der Waals surface area contributed by atoms with E-state index in [9.17, 15) is 4.79 Å². The van der Waals surface area contributed by atoms with Crippen LogP contribution in [0.3, 0.4) is 0 Å². The van der Waals surface area contributed by atoms with E-state index in [1.807, 2.05) is 50.5 Å². The van der Waals surface area contributed by atoms with E-state index in [1.54, 1.807) is 22.4 Å². The first kappa shape index (κ1) is 19.5. The van der Waals surface area contributed by atoms with Crippen molar-refractivity contribution in [3.8, 4) is 0 Å². The van der Waals surface area contributed by atoms with Crippen molar-refractivity contribution in [2.45, 2.75) is 26.4 Å². The van der Waals surface area contributed by atoms with E-state index in [2.05, 4.69) is 26.3 Å². The molecule has 29 heavy (non-hydrogen) atoms. The lowest BCUT2D eigenvalue weighted by Crippen LogP contribution is -2.29. The molecule has 4 aromatic heterocycles. The van der Waals surface area contributed by atoms with Gasteiger partial charge in [0.25, 0.3) is 5.91 Å². The number of nitrogens with zero attached hydrogens (tertiary/aromatic N) is 4. The molecule has 1 atom stereocenters.